The van der Waals surface area contributed by atoms with Gasteiger partial charge in [0.05, 0.1) is 4.90 Å². The molecule has 2 aliphatic carbocycles. The number of carbonyl (C=O) groups is 1. The number of carboxylic acids is 1. The van der Waals surface area contributed by atoms with Crippen LogP contribution in [0.4, 0.5) is 0 Å². The van der Waals surface area contributed by atoms with Gasteiger partial charge in [0.2, 0.25) is 10.0 Å². The normalized spacial score (nSPS) is 29.1. The summed E-state index contributed by atoms with van der Waals surface area (Å²) in [4.78, 5) is 12.1. The maximum atomic E-state index is 12.7. The number of hydrogen-bond acceptors (Lipinski definition) is 3. The number of benzene rings is 1. The number of fused-ring (bicyclic) bond motifs is 2. The third-order valence-electron chi connectivity index (χ3n) is 5.64. The Morgan fingerprint density at radius 1 is 1.36 bits per heavy atom. The lowest BCUT2D eigenvalue weighted by Gasteiger charge is -2.36. The zero-order chi connectivity index (χ0) is 18.1. The Morgan fingerprint density at radius 2 is 2.08 bits per heavy atom. The average molecular weight is 363 g/mol. The van der Waals surface area contributed by atoms with Crippen LogP contribution in [0.25, 0.3) is 0 Å². The first-order valence-electron chi connectivity index (χ1n) is 8.90. The van der Waals surface area contributed by atoms with Gasteiger partial charge in [-0.2, -0.15) is 0 Å². The van der Waals surface area contributed by atoms with Crippen LogP contribution in [0.15, 0.2) is 46.9 Å². The van der Waals surface area contributed by atoms with Crippen LogP contribution >= 0.6 is 0 Å². The highest BCUT2D eigenvalue weighted by Crippen LogP contribution is 2.58. The van der Waals surface area contributed by atoms with Crippen LogP contribution < -0.4 is 4.72 Å². The summed E-state index contributed by atoms with van der Waals surface area (Å²) in [7, 11) is -3.65. The molecule has 0 saturated heterocycles. The summed E-state index contributed by atoms with van der Waals surface area (Å²) in [6.45, 7) is 2.01. The number of carboxylic acid groups (broad SMARTS) is 1. The fourth-order valence-corrected chi connectivity index (χ4v) is 5.85. The maximum Gasteiger partial charge on any atom is 0.331 e. The molecule has 6 heteroatoms. The number of hydrogen-bond donors (Lipinski definition) is 2. The monoisotopic (exact) mass is 363 g/mol. The van der Waals surface area contributed by atoms with Crippen molar-refractivity contribution in [3.63, 3.8) is 0 Å². The van der Waals surface area contributed by atoms with Crippen molar-refractivity contribution in [2.75, 3.05) is 0 Å². The highest BCUT2D eigenvalue weighted by molar-refractivity contribution is 7.89. The van der Waals surface area contributed by atoms with Gasteiger partial charge in [-0.25, -0.2) is 17.9 Å². The van der Waals surface area contributed by atoms with E-state index in [1.54, 1.807) is 36.4 Å². The van der Waals surface area contributed by atoms with Crippen molar-refractivity contribution < 1.29 is 18.3 Å². The molecule has 2 N–H and O–H groups in total. The van der Waals surface area contributed by atoms with E-state index in [9.17, 15) is 18.3 Å². The largest absolute Gasteiger partial charge is 0.478 e. The van der Waals surface area contributed by atoms with Crippen molar-refractivity contribution in [1.29, 1.82) is 0 Å². The molecule has 2 bridgehead atoms. The third-order valence-corrected chi connectivity index (χ3v) is 7.13. The van der Waals surface area contributed by atoms with E-state index in [0.717, 1.165) is 25.7 Å². The lowest BCUT2D eigenvalue weighted by molar-refractivity contribution is -0.134. The van der Waals surface area contributed by atoms with Crippen LogP contribution in [0.1, 0.15) is 45.4 Å². The predicted molar refractivity (Wildman–Crippen MR) is 95.6 cm³/mol. The Hall–Kier alpha value is -1.66. The summed E-state index contributed by atoms with van der Waals surface area (Å²) in [5.74, 6) is -0.521. The fourth-order valence-electron chi connectivity index (χ4n) is 4.50. The smallest absolute Gasteiger partial charge is 0.331 e. The molecule has 0 radical (unpaired) electrons. The van der Waals surface area contributed by atoms with E-state index in [0.29, 0.717) is 24.3 Å². The minimum atomic E-state index is -3.65. The Bertz CT molecular complexity index is 772. The topological polar surface area (TPSA) is 83.5 Å². The maximum absolute atomic E-state index is 12.7. The minimum absolute atomic E-state index is 0.224. The molecule has 3 unspecified atom stereocenters. The molecule has 2 saturated carbocycles. The third kappa shape index (κ3) is 3.37. The van der Waals surface area contributed by atoms with E-state index in [4.69, 9.17) is 0 Å². The second-order valence-corrected chi connectivity index (χ2v) is 8.91. The summed E-state index contributed by atoms with van der Waals surface area (Å²) < 4.78 is 28.3. The first kappa shape index (κ1) is 18.1. The number of rotatable bonds is 7. The Labute approximate surface area is 149 Å². The molecule has 0 amide bonds. The second kappa shape index (κ2) is 6.92. The van der Waals surface area contributed by atoms with Gasteiger partial charge in [0.15, 0.2) is 0 Å². The summed E-state index contributed by atoms with van der Waals surface area (Å²) >= 11 is 0. The van der Waals surface area contributed by atoms with Gasteiger partial charge in [-0.3, -0.25) is 0 Å². The van der Waals surface area contributed by atoms with Crippen molar-refractivity contribution in [2.24, 2.45) is 11.3 Å². The van der Waals surface area contributed by atoms with E-state index < -0.39 is 21.4 Å². The molecule has 0 aromatic heterocycles. The van der Waals surface area contributed by atoms with Crippen LogP contribution in [0.5, 0.6) is 0 Å². The molecular formula is C19H25NO4S. The number of allylic oxidation sites excluding steroid dienone is 1. The predicted octanol–water partition coefficient (Wildman–Crippen LogP) is 3.33. The molecule has 0 spiro atoms. The second-order valence-electron chi connectivity index (χ2n) is 7.20. The molecule has 0 aliphatic heterocycles. The van der Waals surface area contributed by atoms with E-state index in [2.05, 4.69) is 4.72 Å². The average Bonchev–Trinajstić information content (AvgIpc) is 3.14. The molecule has 0 heterocycles. The van der Waals surface area contributed by atoms with Crippen LogP contribution in [0, 0.1) is 11.3 Å². The van der Waals surface area contributed by atoms with Crippen molar-refractivity contribution in [3.8, 4) is 0 Å². The van der Waals surface area contributed by atoms with Crippen LogP contribution in [0.3, 0.4) is 0 Å². The molecule has 2 fully saturated rings. The molecule has 136 valence electrons. The minimum Gasteiger partial charge on any atom is -0.478 e. The lowest BCUT2D eigenvalue weighted by Crippen LogP contribution is -2.47. The zero-order valence-electron chi connectivity index (χ0n) is 14.4. The fraction of sp³-hybridized carbons (Fsp3) is 0.526. The standard InChI is InChI=1S/C19H25NO4S/c1-2-3-9-16(18(21)22)19-11-10-14(13-19)12-17(19)20-25(23,24)15-7-5-4-6-8-15/h4-9,14,17,20H,2-3,10-13H2,1H3,(H,21,22)/b16-9-. The summed E-state index contributed by atoms with van der Waals surface area (Å²) in [6.07, 6.45) is 6.56. The van der Waals surface area contributed by atoms with Gasteiger partial charge in [0.25, 0.3) is 0 Å². The van der Waals surface area contributed by atoms with E-state index in [-0.39, 0.29) is 10.9 Å². The molecule has 3 rings (SSSR count). The van der Waals surface area contributed by atoms with Gasteiger partial charge < -0.3 is 5.11 Å². The van der Waals surface area contributed by atoms with Gasteiger partial charge >= 0.3 is 5.97 Å². The van der Waals surface area contributed by atoms with Crippen LogP contribution in [-0.4, -0.2) is 25.5 Å². The number of sulfonamides is 1. The van der Waals surface area contributed by atoms with Gasteiger partial charge in [0.1, 0.15) is 0 Å². The Morgan fingerprint density at radius 3 is 2.68 bits per heavy atom. The number of nitrogens with one attached hydrogen (secondary N) is 1. The molecule has 2 aliphatic rings. The van der Waals surface area contributed by atoms with Crippen molar-refractivity contribution in [2.45, 2.75) is 56.4 Å². The first-order chi connectivity index (χ1) is 11.9. The zero-order valence-corrected chi connectivity index (χ0v) is 15.3. The molecular weight excluding hydrogens is 338 g/mol. The van der Waals surface area contributed by atoms with E-state index in [1.807, 2.05) is 6.92 Å². The number of unbranched alkanes of at least 4 members (excludes halogenated alkanes) is 1. The molecule has 5 nitrogen and oxygen atoms in total. The van der Waals surface area contributed by atoms with Gasteiger partial charge in [-0.05, 0) is 50.2 Å². The highest BCUT2D eigenvalue weighted by Gasteiger charge is 2.56. The van der Waals surface area contributed by atoms with Crippen molar-refractivity contribution in [3.05, 3.63) is 42.0 Å². The molecule has 3 atom stereocenters. The molecule has 1 aromatic carbocycles. The van der Waals surface area contributed by atoms with Gasteiger partial charge in [-0.1, -0.05) is 37.6 Å². The van der Waals surface area contributed by atoms with E-state index in [1.165, 1.54) is 0 Å². The first-order valence-corrected chi connectivity index (χ1v) is 10.4. The number of aliphatic carboxylic acids is 1. The van der Waals surface area contributed by atoms with Crippen molar-refractivity contribution >= 4 is 16.0 Å². The SMILES string of the molecule is CCC/C=C(/C(=O)O)C12CCC(CC1NS(=O)(=O)c1ccccc1)C2. The summed E-state index contributed by atoms with van der Waals surface area (Å²) in [6, 6.07) is 7.93. The van der Waals surface area contributed by atoms with Crippen LogP contribution in [0.2, 0.25) is 0 Å². The van der Waals surface area contributed by atoms with Crippen LogP contribution in [-0.2, 0) is 14.8 Å². The summed E-state index contributed by atoms with van der Waals surface area (Å²) in [5.41, 5.74) is -0.178. The highest BCUT2D eigenvalue weighted by atomic mass is 32.2. The quantitative estimate of drug-likeness (QED) is 0.728. The Balaban J connectivity index is 1.92. The summed E-state index contributed by atoms with van der Waals surface area (Å²) in [5, 5.41) is 9.76. The van der Waals surface area contributed by atoms with E-state index >= 15 is 0 Å². The molecule has 25 heavy (non-hydrogen) atoms. The Kier molecular flexibility index (Phi) is 5.02. The van der Waals surface area contributed by atoms with Crippen molar-refractivity contribution in [1.82, 2.24) is 4.72 Å². The van der Waals surface area contributed by atoms with Gasteiger partial charge in [0, 0.05) is 17.0 Å². The molecule has 1 aromatic rings. The lowest BCUT2D eigenvalue weighted by atomic mass is 9.73. The van der Waals surface area contributed by atoms with Gasteiger partial charge in [-0.15, -0.1) is 0 Å².